The van der Waals surface area contributed by atoms with Gasteiger partial charge in [-0.3, -0.25) is 5.32 Å². The summed E-state index contributed by atoms with van der Waals surface area (Å²) in [5, 5.41) is 3.23. The van der Waals surface area contributed by atoms with Crippen LogP contribution in [0, 0.1) is 0 Å². The molecule has 1 aromatic heterocycles. The van der Waals surface area contributed by atoms with E-state index in [1.165, 1.54) is 0 Å². The van der Waals surface area contributed by atoms with Crippen molar-refractivity contribution in [1.82, 2.24) is 14.9 Å². The van der Waals surface area contributed by atoms with Crippen LogP contribution in [-0.4, -0.2) is 28.2 Å². The Balaban J connectivity index is 3.01. The fourth-order valence-electron chi connectivity index (χ4n) is 1.80. The summed E-state index contributed by atoms with van der Waals surface area (Å²) in [5.74, 6) is -0.256. The molecule has 0 aliphatic carbocycles. The van der Waals surface area contributed by atoms with Crippen LogP contribution < -0.4 is 5.32 Å². The van der Waals surface area contributed by atoms with Crippen molar-refractivity contribution < 1.29 is 9.53 Å². The number of carbonyl (C=O) groups excluding carboxylic acids is 1. The summed E-state index contributed by atoms with van der Waals surface area (Å²) in [4.78, 5) is 16.2. The quantitative estimate of drug-likeness (QED) is 0.788. The van der Waals surface area contributed by atoms with Gasteiger partial charge in [0.05, 0.1) is 24.8 Å². The Morgan fingerprint density at radius 3 is 2.61 bits per heavy atom. The predicted molar refractivity (Wildman–Crippen MR) is 70.3 cm³/mol. The Kier molecular flexibility index (Phi) is 5.34. The Bertz CT molecular complexity index is 385. The smallest absolute Gasteiger partial charge is 0.329 e. The summed E-state index contributed by atoms with van der Waals surface area (Å²) in [6, 6.07) is -0.0156. The van der Waals surface area contributed by atoms with Gasteiger partial charge >= 0.3 is 5.97 Å². The van der Waals surface area contributed by atoms with Gasteiger partial charge in [-0.1, -0.05) is 0 Å². The molecule has 102 valence electrons. The standard InChI is InChI=1S/C13H23N3O2/c1-6-18-13(17)12(15-9(2)3)11-7-14-8-16(11)10(4)5/h7-10,12,15H,6H2,1-5H3. The maximum absolute atomic E-state index is 12.0. The second kappa shape index (κ2) is 6.54. The molecule has 0 amide bonds. The third kappa shape index (κ3) is 3.57. The molecule has 18 heavy (non-hydrogen) atoms. The Hall–Kier alpha value is -1.36. The number of nitrogens with one attached hydrogen (secondary N) is 1. The van der Waals surface area contributed by atoms with E-state index < -0.39 is 6.04 Å². The van der Waals surface area contributed by atoms with Crippen LogP contribution in [0.1, 0.15) is 52.4 Å². The summed E-state index contributed by atoms with van der Waals surface area (Å²) < 4.78 is 7.10. The zero-order chi connectivity index (χ0) is 13.7. The zero-order valence-corrected chi connectivity index (χ0v) is 11.8. The van der Waals surface area contributed by atoms with Crippen molar-refractivity contribution in [1.29, 1.82) is 0 Å². The lowest BCUT2D eigenvalue weighted by atomic mass is 10.2. The molecular formula is C13H23N3O2. The molecule has 0 saturated carbocycles. The van der Waals surface area contributed by atoms with Gasteiger partial charge in [-0.15, -0.1) is 0 Å². The molecule has 1 aromatic rings. The van der Waals surface area contributed by atoms with Crippen molar-refractivity contribution in [2.45, 2.75) is 52.7 Å². The highest BCUT2D eigenvalue weighted by Gasteiger charge is 2.26. The fraction of sp³-hybridized carbons (Fsp3) is 0.692. The minimum Gasteiger partial charge on any atom is -0.465 e. The Labute approximate surface area is 109 Å². The molecule has 0 aliphatic rings. The highest BCUT2D eigenvalue weighted by molar-refractivity contribution is 5.77. The number of aromatic nitrogens is 2. The summed E-state index contributed by atoms with van der Waals surface area (Å²) in [7, 11) is 0. The van der Waals surface area contributed by atoms with Gasteiger partial charge in [0.1, 0.15) is 6.04 Å². The number of esters is 1. The van der Waals surface area contributed by atoms with E-state index in [1.54, 1.807) is 12.5 Å². The fourth-order valence-corrected chi connectivity index (χ4v) is 1.80. The summed E-state index contributed by atoms with van der Waals surface area (Å²) in [6.45, 7) is 10.3. The van der Waals surface area contributed by atoms with Gasteiger partial charge in [0.2, 0.25) is 0 Å². The monoisotopic (exact) mass is 253 g/mol. The first-order valence-corrected chi connectivity index (χ1v) is 6.41. The van der Waals surface area contributed by atoms with E-state index in [2.05, 4.69) is 24.1 Å². The molecule has 0 bridgehead atoms. The first kappa shape index (κ1) is 14.7. The van der Waals surface area contributed by atoms with Crippen molar-refractivity contribution in [2.24, 2.45) is 0 Å². The van der Waals surface area contributed by atoms with Crippen LogP contribution in [-0.2, 0) is 9.53 Å². The predicted octanol–water partition coefficient (Wildman–Crippen LogP) is 2.07. The van der Waals surface area contributed by atoms with Crippen molar-refractivity contribution in [3.05, 3.63) is 18.2 Å². The van der Waals surface area contributed by atoms with E-state index in [0.717, 1.165) is 5.69 Å². The van der Waals surface area contributed by atoms with Gasteiger partial charge in [0.15, 0.2) is 0 Å². The Morgan fingerprint density at radius 2 is 2.11 bits per heavy atom. The number of nitrogens with zero attached hydrogens (tertiary/aromatic N) is 2. The van der Waals surface area contributed by atoms with Gasteiger partial charge in [0, 0.05) is 12.1 Å². The molecule has 0 spiro atoms. The first-order chi connectivity index (χ1) is 8.47. The van der Waals surface area contributed by atoms with E-state index in [9.17, 15) is 4.79 Å². The lowest BCUT2D eigenvalue weighted by Crippen LogP contribution is -2.36. The van der Waals surface area contributed by atoms with Gasteiger partial charge in [0.25, 0.3) is 0 Å². The molecular weight excluding hydrogens is 230 g/mol. The molecule has 1 N–H and O–H groups in total. The average Bonchev–Trinajstić information content (AvgIpc) is 2.74. The third-order valence-electron chi connectivity index (χ3n) is 2.57. The normalized spacial score (nSPS) is 13.1. The van der Waals surface area contributed by atoms with Crippen LogP contribution in [0.4, 0.5) is 0 Å². The number of carbonyl (C=O) groups is 1. The number of ether oxygens (including phenoxy) is 1. The van der Waals surface area contributed by atoms with Gasteiger partial charge in [-0.05, 0) is 34.6 Å². The van der Waals surface area contributed by atoms with Crippen LogP contribution in [0.3, 0.4) is 0 Å². The van der Waals surface area contributed by atoms with Crippen molar-refractivity contribution >= 4 is 5.97 Å². The topological polar surface area (TPSA) is 56.1 Å². The van der Waals surface area contributed by atoms with E-state index in [-0.39, 0.29) is 18.1 Å². The third-order valence-corrected chi connectivity index (χ3v) is 2.57. The van der Waals surface area contributed by atoms with Crippen molar-refractivity contribution in [2.75, 3.05) is 6.61 Å². The van der Waals surface area contributed by atoms with E-state index >= 15 is 0 Å². The van der Waals surface area contributed by atoms with Crippen LogP contribution >= 0.6 is 0 Å². The van der Waals surface area contributed by atoms with Crippen LogP contribution in [0.25, 0.3) is 0 Å². The highest BCUT2D eigenvalue weighted by atomic mass is 16.5. The minimum absolute atomic E-state index is 0.190. The number of imidazole rings is 1. The average molecular weight is 253 g/mol. The minimum atomic E-state index is -0.463. The van der Waals surface area contributed by atoms with Crippen LogP contribution in [0.5, 0.6) is 0 Å². The van der Waals surface area contributed by atoms with Gasteiger partial charge in [-0.25, -0.2) is 9.78 Å². The van der Waals surface area contributed by atoms with Crippen LogP contribution in [0.15, 0.2) is 12.5 Å². The summed E-state index contributed by atoms with van der Waals surface area (Å²) >= 11 is 0. The molecule has 5 nitrogen and oxygen atoms in total. The first-order valence-electron chi connectivity index (χ1n) is 6.41. The zero-order valence-electron chi connectivity index (χ0n) is 11.8. The summed E-state index contributed by atoms with van der Waals surface area (Å²) in [6.07, 6.45) is 3.46. The van der Waals surface area contributed by atoms with Crippen molar-refractivity contribution in [3.8, 4) is 0 Å². The molecule has 0 saturated heterocycles. The SMILES string of the molecule is CCOC(=O)C(NC(C)C)c1cncn1C(C)C. The summed E-state index contributed by atoms with van der Waals surface area (Å²) in [5.41, 5.74) is 0.845. The van der Waals surface area contributed by atoms with Crippen LogP contribution in [0.2, 0.25) is 0 Å². The molecule has 1 heterocycles. The molecule has 0 aliphatic heterocycles. The van der Waals surface area contributed by atoms with Crippen molar-refractivity contribution in [3.63, 3.8) is 0 Å². The number of hydrogen-bond donors (Lipinski definition) is 1. The molecule has 1 rings (SSSR count). The second-order valence-corrected chi connectivity index (χ2v) is 4.83. The lowest BCUT2D eigenvalue weighted by Gasteiger charge is -2.22. The molecule has 0 aromatic carbocycles. The Morgan fingerprint density at radius 1 is 1.44 bits per heavy atom. The number of rotatable bonds is 6. The van der Waals surface area contributed by atoms with E-state index in [4.69, 9.17) is 4.74 Å². The molecule has 0 fully saturated rings. The lowest BCUT2D eigenvalue weighted by molar-refractivity contribution is -0.146. The van der Waals surface area contributed by atoms with Gasteiger partial charge in [-0.2, -0.15) is 0 Å². The molecule has 1 atom stereocenters. The second-order valence-electron chi connectivity index (χ2n) is 4.83. The maximum atomic E-state index is 12.0. The number of hydrogen-bond acceptors (Lipinski definition) is 4. The van der Waals surface area contributed by atoms with E-state index in [0.29, 0.717) is 6.61 Å². The molecule has 1 unspecified atom stereocenters. The molecule has 0 radical (unpaired) electrons. The maximum Gasteiger partial charge on any atom is 0.329 e. The van der Waals surface area contributed by atoms with E-state index in [1.807, 2.05) is 25.3 Å². The van der Waals surface area contributed by atoms with Gasteiger partial charge < -0.3 is 9.30 Å². The molecule has 5 heteroatoms. The largest absolute Gasteiger partial charge is 0.465 e. The highest BCUT2D eigenvalue weighted by Crippen LogP contribution is 2.19.